The highest BCUT2D eigenvalue weighted by Gasteiger charge is 2.36. The molecule has 9 heteroatoms. The number of halogens is 4. The molecule has 0 fully saturated rings. The van der Waals surface area contributed by atoms with Crippen molar-refractivity contribution in [2.75, 3.05) is 7.11 Å². The van der Waals surface area contributed by atoms with Gasteiger partial charge in [-0.05, 0) is 18.2 Å². The van der Waals surface area contributed by atoms with E-state index in [1.54, 1.807) is 5.32 Å². The Balaban J connectivity index is 2.95. The number of methoxy groups -OCH3 is 1. The largest absolute Gasteiger partial charge is 0.496 e. The average Bonchev–Trinajstić information content (AvgIpc) is 2.35. The van der Waals surface area contributed by atoms with Crippen molar-refractivity contribution in [3.63, 3.8) is 0 Å². The van der Waals surface area contributed by atoms with Crippen LogP contribution in [0.2, 0.25) is 5.02 Å². The molecule has 116 valence electrons. The minimum atomic E-state index is -4.72. The fourth-order valence-electron chi connectivity index (χ4n) is 1.52. The molecule has 0 saturated carbocycles. The Labute approximate surface area is 122 Å². The van der Waals surface area contributed by atoms with E-state index in [0.29, 0.717) is 0 Å². The summed E-state index contributed by atoms with van der Waals surface area (Å²) in [4.78, 5) is 22.7. The van der Waals surface area contributed by atoms with Crippen LogP contribution >= 0.6 is 11.6 Å². The summed E-state index contributed by atoms with van der Waals surface area (Å²) in [5.74, 6) is -2.76. The summed E-state index contributed by atoms with van der Waals surface area (Å²) in [6.07, 6.45) is -6.40. The van der Waals surface area contributed by atoms with Gasteiger partial charge in [0.2, 0.25) is 0 Å². The van der Waals surface area contributed by atoms with E-state index in [-0.39, 0.29) is 16.3 Å². The maximum Gasteiger partial charge on any atom is 0.391 e. The highest BCUT2D eigenvalue weighted by Crippen LogP contribution is 2.25. The van der Waals surface area contributed by atoms with Crippen molar-refractivity contribution in [1.29, 1.82) is 0 Å². The third-order valence-corrected chi connectivity index (χ3v) is 2.68. The number of carbonyl (C=O) groups is 2. The highest BCUT2D eigenvalue weighted by molar-refractivity contribution is 6.30. The van der Waals surface area contributed by atoms with Crippen molar-refractivity contribution in [2.45, 2.75) is 18.6 Å². The monoisotopic (exact) mass is 325 g/mol. The first kappa shape index (κ1) is 17.1. The average molecular weight is 326 g/mol. The van der Waals surface area contributed by atoms with E-state index in [9.17, 15) is 22.8 Å². The number of amides is 1. The van der Waals surface area contributed by atoms with Gasteiger partial charge < -0.3 is 15.2 Å². The highest BCUT2D eigenvalue weighted by atomic mass is 35.5. The Morgan fingerprint density at radius 1 is 1.43 bits per heavy atom. The Morgan fingerprint density at radius 3 is 2.52 bits per heavy atom. The zero-order valence-electron chi connectivity index (χ0n) is 10.7. The molecule has 1 rings (SSSR count). The van der Waals surface area contributed by atoms with Crippen LogP contribution in [0.1, 0.15) is 16.8 Å². The predicted molar refractivity (Wildman–Crippen MR) is 67.6 cm³/mol. The fourth-order valence-corrected chi connectivity index (χ4v) is 1.68. The van der Waals surface area contributed by atoms with Gasteiger partial charge in [-0.3, -0.25) is 4.79 Å². The van der Waals surface area contributed by atoms with Crippen LogP contribution in [0, 0.1) is 0 Å². The standard InChI is InChI=1S/C12H11ClF3NO4/c1-21-9-4-6(13)2-3-7(9)10(18)17-8(11(19)20)5-12(14,15)16/h2-4,8H,5H2,1H3,(H,17,18)(H,19,20). The number of rotatable bonds is 5. The van der Waals surface area contributed by atoms with Crippen LogP contribution in [0.3, 0.4) is 0 Å². The molecule has 0 bridgehead atoms. The van der Waals surface area contributed by atoms with Gasteiger partial charge in [0.15, 0.2) is 0 Å². The minimum absolute atomic E-state index is 0.0242. The quantitative estimate of drug-likeness (QED) is 0.872. The molecule has 0 aromatic heterocycles. The zero-order chi connectivity index (χ0) is 16.2. The molecule has 0 saturated heterocycles. The number of carbonyl (C=O) groups excluding carboxylic acids is 1. The number of alkyl halides is 3. The Kier molecular flexibility index (Phi) is 5.42. The van der Waals surface area contributed by atoms with Gasteiger partial charge in [0.05, 0.1) is 19.1 Å². The topological polar surface area (TPSA) is 75.6 Å². The van der Waals surface area contributed by atoms with Gasteiger partial charge in [0.1, 0.15) is 11.8 Å². The second-order valence-electron chi connectivity index (χ2n) is 4.03. The van der Waals surface area contributed by atoms with E-state index < -0.39 is 30.5 Å². The summed E-state index contributed by atoms with van der Waals surface area (Å²) in [6.45, 7) is 0. The Bertz CT molecular complexity index is 548. The Hall–Kier alpha value is -1.96. The molecule has 0 aliphatic heterocycles. The zero-order valence-corrected chi connectivity index (χ0v) is 11.5. The van der Waals surface area contributed by atoms with Crippen LogP contribution in [-0.4, -0.2) is 36.3 Å². The predicted octanol–water partition coefficient (Wildman–Crippen LogP) is 2.48. The molecule has 1 atom stereocenters. The van der Waals surface area contributed by atoms with Crippen LogP contribution in [0.5, 0.6) is 5.75 Å². The second-order valence-corrected chi connectivity index (χ2v) is 4.46. The van der Waals surface area contributed by atoms with Crippen molar-refractivity contribution >= 4 is 23.5 Å². The second kappa shape index (κ2) is 6.66. The Morgan fingerprint density at radius 2 is 2.05 bits per heavy atom. The number of hydrogen-bond donors (Lipinski definition) is 2. The SMILES string of the molecule is COc1cc(Cl)ccc1C(=O)NC(CC(F)(F)F)C(=O)O. The lowest BCUT2D eigenvalue weighted by molar-refractivity contribution is -0.157. The van der Waals surface area contributed by atoms with Crippen molar-refractivity contribution in [3.05, 3.63) is 28.8 Å². The summed E-state index contributed by atoms with van der Waals surface area (Å²) in [7, 11) is 1.24. The fraction of sp³-hybridized carbons (Fsp3) is 0.333. The molecule has 0 heterocycles. The van der Waals surface area contributed by atoms with Gasteiger partial charge in [-0.15, -0.1) is 0 Å². The van der Waals surface area contributed by atoms with Crippen molar-refractivity contribution in [1.82, 2.24) is 5.32 Å². The molecule has 0 radical (unpaired) electrons. The first-order valence-electron chi connectivity index (χ1n) is 5.58. The van der Waals surface area contributed by atoms with Crippen LogP contribution in [0.4, 0.5) is 13.2 Å². The molecule has 0 aliphatic rings. The van der Waals surface area contributed by atoms with Crippen LogP contribution in [0.15, 0.2) is 18.2 Å². The van der Waals surface area contributed by atoms with Gasteiger partial charge >= 0.3 is 12.1 Å². The molecule has 5 nitrogen and oxygen atoms in total. The molecule has 1 aromatic rings. The maximum atomic E-state index is 12.3. The lowest BCUT2D eigenvalue weighted by Crippen LogP contribution is -2.43. The van der Waals surface area contributed by atoms with Gasteiger partial charge in [0, 0.05) is 5.02 Å². The first-order chi connectivity index (χ1) is 9.64. The molecule has 1 unspecified atom stereocenters. The van der Waals surface area contributed by atoms with Gasteiger partial charge in [-0.25, -0.2) is 4.79 Å². The smallest absolute Gasteiger partial charge is 0.391 e. The van der Waals surface area contributed by atoms with E-state index in [2.05, 4.69) is 0 Å². The van der Waals surface area contributed by atoms with E-state index in [1.165, 1.54) is 25.3 Å². The summed E-state index contributed by atoms with van der Waals surface area (Å²) >= 11 is 5.69. The van der Waals surface area contributed by atoms with E-state index in [1.807, 2.05) is 0 Å². The molecular formula is C12H11ClF3NO4. The molecule has 1 amide bonds. The molecule has 0 aliphatic carbocycles. The summed E-state index contributed by atoms with van der Waals surface area (Å²) < 4.78 is 41.7. The van der Waals surface area contributed by atoms with Crippen molar-refractivity contribution < 1.29 is 32.6 Å². The van der Waals surface area contributed by atoms with E-state index in [4.69, 9.17) is 21.4 Å². The van der Waals surface area contributed by atoms with Crippen molar-refractivity contribution in [3.8, 4) is 5.75 Å². The summed E-state index contributed by atoms with van der Waals surface area (Å²) in [6, 6.07) is 1.76. The van der Waals surface area contributed by atoms with Crippen LogP contribution < -0.4 is 10.1 Å². The van der Waals surface area contributed by atoms with E-state index >= 15 is 0 Å². The van der Waals surface area contributed by atoms with E-state index in [0.717, 1.165) is 0 Å². The first-order valence-corrected chi connectivity index (χ1v) is 5.96. The minimum Gasteiger partial charge on any atom is -0.496 e. The number of aliphatic carboxylic acids is 1. The lowest BCUT2D eigenvalue weighted by atomic mass is 10.1. The number of hydrogen-bond acceptors (Lipinski definition) is 3. The van der Waals surface area contributed by atoms with Crippen LogP contribution in [0.25, 0.3) is 0 Å². The molecule has 1 aromatic carbocycles. The molecule has 2 N–H and O–H groups in total. The molecule has 0 spiro atoms. The number of carboxylic acids is 1. The number of nitrogens with one attached hydrogen (secondary N) is 1. The number of ether oxygens (including phenoxy) is 1. The summed E-state index contributed by atoms with van der Waals surface area (Å²) in [5, 5.41) is 10.8. The van der Waals surface area contributed by atoms with Crippen LogP contribution in [-0.2, 0) is 4.79 Å². The normalized spacial score (nSPS) is 12.6. The number of benzene rings is 1. The maximum absolute atomic E-state index is 12.3. The van der Waals surface area contributed by atoms with Gasteiger partial charge in [-0.1, -0.05) is 11.6 Å². The number of carboxylic acid groups (broad SMARTS) is 1. The molecular weight excluding hydrogens is 315 g/mol. The van der Waals surface area contributed by atoms with Gasteiger partial charge in [0.25, 0.3) is 5.91 Å². The molecule has 21 heavy (non-hydrogen) atoms. The summed E-state index contributed by atoms with van der Waals surface area (Å²) in [5.41, 5.74) is -0.115. The van der Waals surface area contributed by atoms with Gasteiger partial charge in [-0.2, -0.15) is 13.2 Å². The third kappa shape index (κ3) is 5.14. The third-order valence-electron chi connectivity index (χ3n) is 2.45. The van der Waals surface area contributed by atoms with Crippen molar-refractivity contribution in [2.24, 2.45) is 0 Å². The lowest BCUT2D eigenvalue weighted by Gasteiger charge is -2.17.